The van der Waals surface area contributed by atoms with E-state index in [1.807, 2.05) is 52.6 Å². The Hall–Kier alpha value is -2.34. The first kappa shape index (κ1) is 22.8. The van der Waals surface area contributed by atoms with Gasteiger partial charge in [-0.2, -0.15) is 5.10 Å². The molecule has 0 spiro atoms. The van der Waals surface area contributed by atoms with E-state index in [4.69, 9.17) is 16.7 Å². The Bertz CT molecular complexity index is 957. The third kappa shape index (κ3) is 4.56. The fraction of sp³-hybridized carbons (Fsp3) is 0.560. The quantitative estimate of drug-likeness (QED) is 0.621. The summed E-state index contributed by atoms with van der Waals surface area (Å²) in [7, 11) is 0. The van der Waals surface area contributed by atoms with Crippen LogP contribution in [0.25, 0.3) is 5.69 Å². The summed E-state index contributed by atoms with van der Waals surface area (Å²) >= 11 is 6.08. The molecule has 1 aliphatic carbocycles. The van der Waals surface area contributed by atoms with Gasteiger partial charge in [0, 0.05) is 48.4 Å². The summed E-state index contributed by atoms with van der Waals surface area (Å²) in [6.07, 6.45) is 6.63. The molecule has 0 bridgehead atoms. The van der Waals surface area contributed by atoms with Gasteiger partial charge in [0.05, 0.1) is 5.69 Å². The highest BCUT2D eigenvalue weighted by Gasteiger charge is 2.33. The number of benzene rings is 1. The number of aromatic nitrogens is 2. The largest absolute Gasteiger partial charge is 0.343 e. The van der Waals surface area contributed by atoms with Gasteiger partial charge in [-0.3, -0.25) is 9.59 Å². The lowest BCUT2D eigenvalue weighted by Crippen LogP contribution is -2.44. The van der Waals surface area contributed by atoms with Crippen LogP contribution in [0.3, 0.4) is 0 Å². The first-order valence-electron chi connectivity index (χ1n) is 12.0. The van der Waals surface area contributed by atoms with E-state index in [-0.39, 0.29) is 17.7 Å². The van der Waals surface area contributed by atoms with E-state index in [1.54, 1.807) is 0 Å². The number of hydrogen-bond acceptors (Lipinski definition) is 3. The lowest BCUT2D eigenvalue weighted by atomic mass is 9.94. The van der Waals surface area contributed by atoms with E-state index in [0.29, 0.717) is 23.8 Å². The second-order valence-electron chi connectivity index (χ2n) is 8.80. The maximum Gasteiger partial charge on any atom is 0.274 e. The summed E-state index contributed by atoms with van der Waals surface area (Å²) in [5.41, 5.74) is 3.78. The summed E-state index contributed by atoms with van der Waals surface area (Å²) in [5, 5.41) is 5.51. The lowest BCUT2D eigenvalue weighted by Gasteiger charge is -2.33. The number of fused-ring (bicyclic) bond motifs is 1. The number of amides is 2. The highest BCUT2D eigenvalue weighted by atomic mass is 35.5. The van der Waals surface area contributed by atoms with Crippen LogP contribution >= 0.6 is 11.6 Å². The molecule has 172 valence electrons. The van der Waals surface area contributed by atoms with Crippen LogP contribution in [0.1, 0.15) is 67.7 Å². The van der Waals surface area contributed by atoms with Crippen LogP contribution in [0.2, 0.25) is 5.02 Å². The molecule has 2 heterocycles. The van der Waals surface area contributed by atoms with Crippen molar-refractivity contribution in [3.05, 3.63) is 46.2 Å². The number of likely N-dealkylation sites (tertiary alicyclic amines) is 1. The number of nitrogens with zero attached hydrogens (tertiary/aromatic N) is 4. The highest BCUT2D eigenvalue weighted by molar-refractivity contribution is 6.30. The van der Waals surface area contributed by atoms with Crippen molar-refractivity contribution in [2.24, 2.45) is 5.92 Å². The van der Waals surface area contributed by atoms with Gasteiger partial charge in [0.15, 0.2) is 5.69 Å². The van der Waals surface area contributed by atoms with Crippen molar-refractivity contribution in [1.29, 1.82) is 0 Å². The average molecular weight is 457 g/mol. The molecule has 1 aromatic heterocycles. The standard InChI is InChI=1S/C25H33ClN4O2/c1-3-28(4-2)24(31)18-14-16-29(17-15-18)25(32)23-21-8-6-5-7-9-22(21)30(27-23)20-12-10-19(26)11-13-20/h10-13,18H,3-9,14-17H2,1-2H3. The van der Waals surface area contributed by atoms with Gasteiger partial charge in [0.1, 0.15) is 0 Å². The van der Waals surface area contributed by atoms with Gasteiger partial charge in [-0.25, -0.2) is 4.68 Å². The molecule has 4 rings (SSSR count). The molecule has 2 amide bonds. The van der Waals surface area contributed by atoms with Crippen LogP contribution in [0, 0.1) is 5.92 Å². The zero-order valence-electron chi connectivity index (χ0n) is 19.1. The maximum absolute atomic E-state index is 13.5. The average Bonchev–Trinajstić information content (AvgIpc) is 3.00. The van der Waals surface area contributed by atoms with Crippen LogP contribution in [0.15, 0.2) is 24.3 Å². The Labute approximate surface area is 195 Å². The minimum Gasteiger partial charge on any atom is -0.343 e. The predicted molar refractivity (Wildman–Crippen MR) is 126 cm³/mol. The number of hydrogen-bond donors (Lipinski definition) is 0. The first-order valence-corrected chi connectivity index (χ1v) is 12.4. The number of carbonyl (C=O) groups is 2. The van der Waals surface area contributed by atoms with Crippen molar-refractivity contribution < 1.29 is 9.59 Å². The van der Waals surface area contributed by atoms with Gasteiger partial charge in [-0.15, -0.1) is 0 Å². The second-order valence-corrected chi connectivity index (χ2v) is 9.24. The molecule has 1 fully saturated rings. The molecule has 1 aliphatic heterocycles. The molecular weight excluding hydrogens is 424 g/mol. The zero-order chi connectivity index (χ0) is 22.7. The third-order valence-corrected chi connectivity index (χ3v) is 7.16. The molecule has 2 aromatic rings. The maximum atomic E-state index is 13.5. The fourth-order valence-corrected chi connectivity index (χ4v) is 5.14. The molecule has 0 N–H and O–H groups in total. The molecule has 1 aromatic carbocycles. The van der Waals surface area contributed by atoms with Gasteiger partial charge in [-0.1, -0.05) is 18.0 Å². The van der Waals surface area contributed by atoms with Gasteiger partial charge in [0.25, 0.3) is 5.91 Å². The molecule has 6 nitrogen and oxygen atoms in total. The van der Waals surface area contributed by atoms with Gasteiger partial charge >= 0.3 is 0 Å². The summed E-state index contributed by atoms with van der Waals surface area (Å²) in [6.45, 7) is 6.73. The van der Waals surface area contributed by atoms with Crippen LogP contribution in [0.4, 0.5) is 0 Å². The van der Waals surface area contributed by atoms with Crippen LogP contribution in [0.5, 0.6) is 0 Å². The Morgan fingerprint density at radius 1 is 1.03 bits per heavy atom. The molecule has 0 radical (unpaired) electrons. The minimum atomic E-state index is 0.00426. The van der Waals surface area contributed by atoms with Crippen molar-refractivity contribution in [3.63, 3.8) is 0 Å². The SMILES string of the molecule is CCN(CC)C(=O)C1CCN(C(=O)c2nn(-c3ccc(Cl)cc3)c3c2CCCCC3)CC1. The van der Waals surface area contributed by atoms with E-state index >= 15 is 0 Å². The zero-order valence-corrected chi connectivity index (χ0v) is 19.9. The number of halogens is 1. The molecule has 0 unspecified atom stereocenters. The highest BCUT2D eigenvalue weighted by Crippen LogP contribution is 2.29. The van der Waals surface area contributed by atoms with E-state index in [2.05, 4.69) is 0 Å². The first-order chi connectivity index (χ1) is 15.5. The van der Waals surface area contributed by atoms with Gasteiger partial charge in [-0.05, 0) is 76.6 Å². The number of rotatable bonds is 5. The predicted octanol–water partition coefficient (Wildman–Crippen LogP) is 4.52. The molecule has 2 aliphatic rings. The van der Waals surface area contributed by atoms with Crippen molar-refractivity contribution in [3.8, 4) is 5.69 Å². The molecule has 32 heavy (non-hydrogen) atoms. The van der Waals surface area contributed by atoms with Gasteiger partial charge < -0.3 is 9.80 Å². The normalized spacial score (nSPS) is 17.0. The lowest BCUT2D eigenvalue weighted by molar-refractivity contribution is -0.136. The molecule has 1 saturated heterocycles. The third-order valence-electron chi connectivity index (χ3n) is 6.91. The Morgan fingerprint density at radius 3 is 2.34 bits per heavy atom. The number of carbonyl (C=O) groups excluding carboxylic acids is 2. The monoisotopic (exact) mass is 456 g/mol. The molecular formula is C25H33ClN4O2. The van der Waals surface area contributed by atoms with Crippen molar-refractivity contribution in [2.75, 3.05) is 26.2 Å². The fourth-order valence-electron chi connectivity index (χ4n) is 5.02. The molecule has 0 saturated carbocycles. The van der Waals surface area contributed by atoms with Crippen LogP contribution in [-0.2, 0) is 17.6 Å². The van der Waals surface area contributed by atoms with E-state index in [9.17, 15) is 9.59 Å². The van der Waals surface area contributed by atoms with Crippen molar-refractivity contribution in [1.82, 2.24) is 19.6 Å². The van der Waals surface area contributed by atoms with E-state index in [1.165, 1.54) is 6.42 Å². The Morgan fingerprint density at radius 2 is 1.69 bits per heavy atom. The molecule has 7 heteroatoms. The number of piperidine rings is 1. The Kier molecular flexibility index (Phi) is 7.19. The Balaban J connectivity index is 1.55. The van der Waals surface area contributed by atoms with Crippen molar-refractivity contribution >= 4 is 23.4 Å². The molecule has 0 atom stereocenters. The summed E-state index contributed by atoms with van der Waals surface area (Å²) < 4.78 is 1.95. The summed E-state index contributed by atoms with van der Waals surface area (Å²) in [4.78, 5) is 30.1. The van der Waals surface area contributed by atoms with E-state index < -0.39 is 0 Å². The van der Waals surface area contributed by atoms with Gasteiger partial charge in [0.2, 0.25) is 5.91 Å². The summed E-state index contributed by atoms with van der Waals surface area (Å²) in [6, 6.07) is 7.64. The van der Waals surface area contributed by atoms with Crippen molar-refractivity contribution in [2.45, 2.75) is 58.8 Å². The minimum absolute atomic E-state index is 0.00426. The smallest absolute Gasteiger partial charge is 0.274 e. The summed E-state index contributed by atoms with van der Waals surface area (Å²) in [5.74, 6) is 0.246. The second kappa shape index (κ2) is 10.1. The topological polar surface area (TPSA) is 58.4 Å². The van der Waals surface area contributed by atoms with Crippen LogP contribution in [-0.4, -0.2) is 57.6 Å². The van der Waals surface area contributed by atoms with Crippen LogP contribution < -0.4 is 0 Å². The van der Waals surface area contributed by atoms with E-state index in [0.717, 1.165) is 68.6 Å².